The van der Waals surface area contributed by atoms with E-state index in [1.54, 1.807) is 30.2 Å². The maximum absolute atomic E-state index is 13.4. The molecule has 1 aromatic carbocycles. The molecule has 0 unspecified atom stereocenters. The fourth-order valence-corrected chi connectivity index (χ4v) is 4.05. The summed E-state index contributed by atoms with van der Waals surface area (Å²) in [5.41, 5.74) is 2.19. The zero-order valence-corrected chi connectivity index (χ0v) is 15.9. The molecular formula is C21H23FN4O2. The Kier molecular flexibility index (Phi) is 5.07. The molecule has 0 spiro atoms. The summed E-state index contributed by atoms with van der Waals surface area (Å²) in [6, 6.07) is 5.69. The van der Waals surface area contributed by atoms with Crippen LogP contribution in [0.1, 0.15) is 59.7 Å². The molecule has 6 nitrogen and oxygen atoms in total. The monoisotopic (exact) mass is 382 g/mol. The van der Waals surface area contributed by atoms with Crippen LogP contribution < -0.4 is 0 Å². The van der Waals surface area contributed by atoms with Crippen molar-refractivity contribution in [2.45, 2.75) is 45.2 Å². The van der Waals surface area contributed by atoms with Gasteiger partial charge in [-0.3, -0.25) is 9.59 Å². The Hall–Kier alpha value is -2.83. The Morgan fingerprint density at radius 1 is 1.21 bits per heavy atom. The predicted octanol–water partition coefficient (Wildman–Crippen LogP) is 2.89. The van der Waals surface area contributed by atoms with Crippen LogP contribution >= 0.6 is 0 Å². The van der Waals surface area contributed by atoms with E-state index in [0.717, 1.165) is 37.1 Å². The molecule has 1 atom stereocenters. The number of likely N-dealkylation sites (tertiary alicyclic amines) is 1. The molecule has 1 saturated heterocycles. The lowest BCUT2D eigenvalue weighted by Crippen LogP contribution is -2.39. The quantitative estimate of drug-likeness (QED) is 0.801. The van der Waals surface area contributed by atoms with Crippen LogP contribution in [0.5, 0.6) is 0 Å². The Bertz CT molecular complexity index is 917. The SMILES string of the molecule is CC(=O)N1CCCC[C@@H]1c1ncc2c(n1)CCN(C(=O)c1cccc(F)c1)C2. The van der Waals surface area contributed by atoms with Crippen LogP contribution in [0.2, 0.25) is 0 Å². The average molecular weight is 382 g/mol. The number of halogens is 1. The van der Waals surface area contributed by atoms with Gasteiger partial charge in [-0.05, 0) is 37.5 Å². The summed E-state index contributed by atoms with van der Waals surface area (Å²) < 4.78 is 13.4. The molecular weight excluding hydrogens is 359 g/mol. The number of amides is 2. The minimum atomic E-state index is -0.418. The Morgan fingerprint density at radius 3 is 2.86 bits per heavy atom. The third kappa shape index (κ3) is 3.61. The third-order valence-electron chi connectivity index (χ3n) is 5.52. The zero-order valence-electron chi connectivity index (χ0n) is 15.9. The highest BCUT2D eigenvalue weighted by molar-refractivity contribution is 5.94. The van der Waals surface area contributed by atoms with E-state index in [-0.39, 0.29) is 17.9 Å². The standard InChI is InChI=1S/C21H23FN4O2/c1-14(27)26-9-3-2-7-19(26)20-23-12-16-13-25(10-8-18(16)24-20)21(28)15-5-4-6-17(22)11-15/h4-6,11-12,19H,2-3,7-10,13H2,1H3/t19-/m1/s1. The maximum Gasteiger partial charge on any atom is 0.254 e. The third-order valence-corrected chi connectivity index (χ3v) is 5.52. The highest BCUT2D eigenvalue weighted by atomic mass is 19.1. The number of benzene rings is 1. The molecule has 0 aliphatic carbocycles. The van der Waals surface area contributed by atoms with Crippen molar-refractivity contribution < 1.29 is 14.0 Å². The minimum absolute atomic E-state index is 0.0536. The van der Waals surface area contributed by atoms with Gasteiger partial charge in [-0.1, -0.05) is 6.07 Å². The van der Waals surface area contributed by atoms with E-state index < -0.39 is 5.82 Å². The van der Waals surface area contributed by atoms with Gasteiger partial charge in [-0.25, -0.2) is 14.4 Å². The van der Waals surface area contributed by atoms with Gasteiger partial charge in [0, 0.05) is 50.3 Å². The normalized spacial score (nSPS) is 19.3. The first-order valence-corrected chi connectivity index (χ1v) is 9.69. The molecule has 2 aliphatic heterocycles. The second-order valence-corrected chi connectivity index (χ2v) is 7.41. The second-order valence-electron chi connectivity index (χ2n) is 7.41. The van der Waals surface area contributed by atoms with Crippen molar-refractivity contribution in [3.63, 3.8) is 0 Å². The molecule has 146 valence electrons. The number of hydrogen-bond acceptors (Lipinski definition) is 4. The highest BCUT2D eigenvalue weighted by Crippen LogP contribution is 2.30. The smallest absolute Gasteiger partial charge is 0.254 e. The van der Waals surface area contributed by atoms with Crippen molar-refractivity contribution in [1.29, 1.82) is 0 Å². The number of piperidine rings is 1. The number of hydrogen-bond donors (Lipinski definition) is 0. The molecule has 2 aliphatic rings. The van der Waals surface area contributed by atoms with E-state index in [1.165, 1.54) is 12.1 Å². The van der Waals surface area contributed by atoms with Crippen LogP contribution in [0.25, 0.3) is 0 Å². The molecule has 3 heterocycles. The molecule has 28 heavy (non-hydrogen) atoms. The molecule has 2 aromatic rings. The van der Waals surface area contributed by atoms with Crippen LogP contribution in [-0.4, -0.2) is 44.7 Å². The van der Waals surface area contributed by atoms with E-state index in [9.17, 15) is 14.0 Å². The first-order chi connectivity index (χ1) is 13.5. The van der Waals surface area contributed by atoms with Crippen LogP contribution in [0, 0.1) is 5.82 Å². The lowest BCUT2D eigenvalue weighted by atomic mass is 10.00. The fourth-order valence-electron chi connectivity index (χ4n) is 4.05. The summed E-state index contributed by atoms with van der Waals surface area (Å²) in [7, 11) is 0. The Balaban J connectivity index is 1.53. The largest absolute Gasteiger partial charge is 0.334 e. The summed E-state index contributed by atoms with van der Waals surface area (Å²) in [4.78, 5) is 37.4. The van der Waals surface area contributed by atoms with Gasteiger partial charge < -0.3 is 9.80 Å². The summed E-state index contributed by atoms with van der Waals surface area (Å²) >= 11 is 0. The van der Waals surface area contributed by atoms with Crippen LogP contribution in [0.4, 0.5) is 4.39 Å². The van der Waals surface area contributed by atoms with Gasteiger partial charge in [0.25, 0.3) is 5.91 Å². The first kappa shape index (κ1) is 18.5. The van der Waals surface area contributed by atoms with Crippen LogP contribution in [0.15, 0.2) is 30.5 Å². The summed E-state index contributed by atoms with van der Waals surface area (Å²) in [5.74, 6) is 0.138. The van der Waals surface area contributed by atoms with Gasteiger partial charge in [-0.2, -0.15) is 0 Å². The number of rotatable bonds is 2. The number of aromatic nitrogens is 2. The molecule has 0 N–H and O–H groups in total. The maximum atomic E-state index is 13.4. The lowest BCUT2D eigenvalue weighted by Gasteiger charge is -2.35. The van der Waals surface area contributed by atoms with E-state index in [1.807, 2.05) is 4.90 Å². The van der Waals surface area contributed by atoms with Crippen molar-refractivity contribution in [2.75, 3.05) is 13.1 Å². The molecule has 4 rings (SSSR count). The molecule has 0 radical (unpaired) electrons. The Labute approximate surface area is 163 Å². The average Bonchev–Trinajstić information content (AvgIpc) is 2.72. The van der Waals surface area contributed by atoms with Gasteiger partial charge in [0.05, 0.1) is 11.7 Å². The number of fused-ring (bicyclic) bond motifs is 1. The second kappa shape index (κ2) is 7.66. The van der Waals surface area contributed by atoms with E-state index >= 15 is 0 Å². The fraction of sp³-hybridized carbons (Fsp3) is 0.429. The van der Waals surface area contributed by atoms with Crippen molar-refractivity contribution in [3.05, 3.63) is 58.9 Å². The summed E-state index contributed by atoms with van der Waals surface area (Å²) in [5, 5.41) is 0. The number of nitrogens with zero attached hydrogens (tertiary/aromatic N) is 4. The van der Waals surface area contributed by atoms with Gasteiger partial charge in [0.1, 0.15) is 5.82 Å². The first-order valence-electron chi connectivity index (χ1n) is 9.69. The molecule has 1 aromatic heterocycles. The van der Waals surface area contributed by atoms with Crippen LogP contribution in [-0.2, 0) is 17.8 Å². The van der Waals surface area contributed by atoms with E-state index in [2.05, 4.69) is 4.98 Å². The molecule has 1 fully saturated rings. The van der Waals surface area contributed by atoms with Gasteiger partial charge in [-0.15, -0.1) is 0 Å². The van der Waals surface area contributed by atoms with Crippen molar-refractivity contribution in [3.8, 4) is 0 Å². The van der Waals surface area contributed by atoms with Crippen molar-refractivity contribution in [2.24, 2.45) is 0 Å². The predicted molar refractivity (Wildman–Crippen MR) is 101 cm³/mol. The number of carbonyl (C=O) groups is 2. The lowest BCUT2D eigenvalue weighted by molar-refractivity contribution is -0.132. The number of carbonyl (C=O) groups excluding carboxylic acids is 2. The van der Waals surface area contributed by atoms with Gasteiger partial charge in [0.15, 0.2) is 5.82 Å². The molecule has 2 amide bonds. The molecule has 7 heteroatoms. The Morgan fingerprint density at radius 2 is 2.07 bits per heavy atom. The van der Waals surface area contributed by atoms with Crippen molar-refractivity contribution in [1.82, 2.24) is 19.8 Å². The van der Waals surface area contributed by atoms with E-state index in [4.69, 9.17) is 4.98 Å². The van der Waals surface area contributed by atoms with Crippen LogP contribution in [0.3, 0.4) is 0 Å². The van der Waals surface area contributed by atoms with Gasteiger partial charge in [0.2, 0.25) is 5.91 Å². The zero-order chi connectivity index (χ0) is 19.7. The molecule has 0 bridgehead atoms. The van der Waals surface area contributed by atoms with Gasteiger partial charge >= 0.3 is 0 Å². The van der Waals surface area contributed by atoms with Crippen molar-refractivity contribution >= 4 is 11.8 Å². The summed E-state index contributed by atoms with van der Waals surface area (Å²) in [6.45, 7) is 3.27. The topological polar surface area (TPSA) is 66.4 Å². The summed E-state index contributed by atoms with van der Waals surface area (Å²) in [6.07, 6.45) is 5.35. The van der Waals surface area contributed by atoms with E-state index in [0.29, 0.717) is 30.9 Å². The highest BCUT2D eigenvalue weighted by Gasteiger charge is 2.30. The minimum Gasteiger partial charge on any atom is -0.334 e. The molecule has 0 saturated carbocycles.